The number of carbonyl (C=O) groups is 1. The molecule has 0 unspecified atom stereocenters. The lowest BCUT2D eigenvalue weighted by molar-refractivity contribution is 0.103. The Bertz CT molecular complexity index is 1590. The molecular weight excluding hydrogens is 436 g/mol. The molecular formula is C26H20N2O4S. The highest BCUT2D eigenvalue weighted by molar-refractivity contribution is 7.90. The molecule has 0 aliphatic rings. The number of aromatic nitrogens is 1. The molecule has 0 radical (unpaired) electrons. The standard InChI is InChI=1S/C26H20N2O4S/c1-17-4-8-19(9-5-17)25(29)23-16-28(15-18-6-11-21(12-7-18)33(3,31)32)24-14-20(27-2)10-13-22(24)26(23)30/h4-14,16H,15H2,1,3H3. The fourth-order valence-electron chi connectivity index (χ4n) is 3.64. The van der Waals surface area contributed by atoms with Crippen LogP contribution in [0.15, 0.2) is 82.6 Å². The van der Waals surface area contributed by atoms with E-state index < -0.39 is 15.3 Å². The largest absolute Gasteiger partial charge is 0.343 e. The van der Waals surface area contributed by atoms with Gasteiger partial charge in [-0.3, -0.25) is 9.59 Å². The average Bonchev–Trinajstić information content (AvgIpc) is 2.80. The van der Waals surface area contributed by atoms with Crippen LogP contribution in [-0.2, 0) is 16.4 Å². The van der Waals surface area contributed by atoms with E-state index >= 15 is 0 Å². The van der Waals surface area contributed by atoms with Crippen molar-refractivity contribution in [2.75, 3.05) is 6.26 Å². The smallest absolute Gasteiger partial charge is 0.200 e. The lowest BCUT2D eigenvalue weighted by atomic mass is 10.0. The molecule has 1 heterocycles. The van der Waals surface area contributed by atoms with Crippen molar-refractivity contribution in [3.8, 4) is 0 Å². The number of nitrogens with zero attached hydrogens (tertiary/aromatic N) is 2. The number of fused-ring (bicyclic) bond motifs is 1. The second-order valence-corrected chi connectivity index (χ2v) is 9.94. The Balaban J connectivity index is 1.87. The van der Waals surface area contributed by atoms with Crippen molar-refractivity contribution in [2.24, 2.45) is 0 Å². The van der Waals surface area contributed by atoms with Gasteiger partial charge in [-0.15, -0.1) is 0 Å². The third-order valence-corrected chi connectivity index (χ3v) is 6.59. The Kier molecular flexibility index (Phi) is 5.71. The molecule has 0 aliphatic carbocycles. The first-order chi connectivity index (χ1) is 15.7. The predicted molar refractivity (Wildman–Crippen MR) is 128 cm³/mol. The second-order valence-electron chi connectivity index (χ2n) is 7.92. The first-order valence-corrected chi connectivity index (χ1v) is 12.0. The van der Waals surface area contributed by atoms with Crippen molar-refractivity contribution in [3.05, 3.63) is 117 Å². The van der Waals surface area contributed by atoms with Crippen molar-refractivity contribution < 1.29 is 13.2 Å². The molecule has 4 rings (SSSR count). The van der Waals surface area contributed by atoms with Crippen LogP contribution in [0.1, 0.15) is 27.0 Å². The molecule has 33 heavy (non-hydrogen) atoms. The monoisotopic (exact) mass is 456 g/mol. The van der Waals surface area contributed by atoms with E-state index in [4.69, 9.17) is 6.57 Å². The SMILES string of the molecule is [C-]#[N+]c1ccc2c(=O)c(C(=O)c3ccc(C)cc3)cn(Cc3ccc(S(C)(=O)=O)cc3)c2c1. The third kappa shape index (κ3) is 4.47. The molecule has 164 valence electrons. The van der Waals surface area contributed by atoms with Crippen LogP contribution in [-0.4, -0.2) is 25.0 Å². The number of aryl methyl sites for hydroxylation is 1. The molecule has 0 atom stereocenters. The van der Waals surface area contributed by atoms with E-state index in [9.17, 15) is 18.0 Å². The van der Waals surface area contributed by atoms with Crippen LogP contribution in [0.5, 0.6) is 0 Å². The van der Waals surface area contributed by atoms with E-state index in [1.165, 1.54) is 18.3 Å². The first-order valence-electron chi connectivity index (χ1n) is 10.1. The summed E-state index contributed by atoms with van der Waals surface area (Å²) in [5, 5.41) is 0.341. The zero-order valence-corrected chi connectivity index (χ0v) is 18.9. The van der Waals surface area contributed by atoms with Gasteiger partial charge in [-0.1, -0.05) is 54.1 Å². The van der Waals surface area contributed by atoms with Crippen LogP contribution in [0.3, 0.4) is 0 Å². The van der Waals surface area contributed by atoms with E-state index in [-0.39, 0.29) is 22.8 Å². The lowest BCUT2D eigenvalue weighted by Crippen LogP contribution is -2.20. The third-order valence-electron chi connectivity index (χ3n) is 5.46. The van der Waals surface area contributed by atoms with Gasteiger partial charge >= 0.3 is 0 Å². The fourth-order valence-corrected chi connectivity index (χ4v) is 4.27. The van der Waals surface area contributed by atoms with Crippen LogP contribution < -0.4 is 5.43 Å². The van der Waals surface area contributed by atoms with E-state index in [0.29, 0.717) is 22.2 Å². The number of benzene rings is 3. The van der Waals surface area contributed by atoms with Crippen molar-refractivity contribution in [3.63, 3.8) is 0 Å². The molecule has 0 amide bonds. The summed E-state index contributed by atoms with van der Waals surface area (Å²) in [4.78, 5) is 30.0. The number of ketones is 1. The maximum Gasteiger partial charge on any atom is 0.200 e. The predicted octanol–water partition coefficient (Wildman–Crippen LogP) is 4.54. The molecule has 3 aromatic carbocycles. The number of sulfone groups is 1. The average molecular weight is 457 g/mol. The van der Waals surface area contributed by atoms with Crippen molar-refractivity contribution >= 4 is 32.2 Å². The van der Waals surface area contributed by atoms with Gasteiger partial charge in [-0.25, -0.2) is 13.3 Å². The summed E-state index contributed by atoms with van der Waals surface area (Å²) in [6, 6.07) is 18.2. The Morgan fingerprint density at radius 3 is 2.27 bits per heavy atom. The van der Waals surface area contributed by atoms with Crippen LogP contribution in [0.25, 0.3) is 15.7 Å². The molecule has 0 fully saturated rings. The van der Waals surface area contributed by atoms with Gasteiger partial charge in [0.2, 0.25) is 0 Å². The van der Waals surface area contributed by atoms with Gasteiger partial charge in [-0.05, 0) is 30.7 Å². The number of carbonyl (C=O) groups excluding carboxylic acids is 1. The van der Waals surface area contributed by atoms with Gasteiger partial charge in [-0.2, -0.15) is 0 Å². The minimum Gasteiger partial charge on any atom is -0.343 e. The van der Waals surface area contributed by atoms with Crippen LogP contribution >= 0.6 is 0 Å². The molecule has 1 aromatic heterocycles. The summed E-state index contributed by atoms with van der Waals surface area (Å²) in [6.45, 7) is 9.52. The zero-order valence-electron chi connectivity index (χ0n) is 18.1. The molecule has 7 heteroatoms. The topological polar surface area (TPSA) is 77.6 Å². The van der Waals surface area contributed by atoms with Crippen molar-refractivity contribution in [2.45, 2.75) is 18.4 Å². The molecule has 0 saturated heterocycles. The summed E-state index contributed by atoms with van der Waals surface area (Å²) in [5.74, 6) is -0.377. The van der Waals surface area contributed by atoms with E-state index in [2.05, 4.69) is 4.85 Å². The van der Waals surface area contributed by atoms with Gasteiger partial charge < -0.3 is 4.57 Å². The Hall–Kier alpha value is -4.02. The molecule has 0 bridgehead atoms. The normalized spacial score (nSPS) is 11.3. The number of pyridine rings is 1. The van der Waals surface area contributed by atoms with Gasteiger partial charge in [0.05, 0.1) is 17.0 Å². The molecule has 0 aliphatic heterocycles. The maximum atomic E-state index is 13.2. The summed E-state index contributed by atoms with van der Waals surface area (Å²) >= 11 is 0. The number of hydrogen-bond acceptors (Lipinski definition) is 4. The van der Waals surface area contributed by atoms with E-state index in [1.807, 2.05) is 19.1 Å². The summed E-state index contributed by atoms with van der Waals surface area (Å²) in [7, 11) is -3.32. The molecule has 0 N–H and O–H groups in total. The summed E-state index contributed by atoms with van der Waals surface area (Å²) in [5.41, 5.74) is 2.76. The molecule has 0 spiro atoms. The van der Waals surface area contributed by atoms with Gasteiger partial charge in [0, 0.05) is 35.5 Å². The maximum absolute atomic E-state index is 13.2. The highest BCUT2D eigenvalue weighted by Gasteiger charge is 2.18. The van der Waals surface area contributed by atoms with Crippen LogP contribution in [0.2, 0.25) is 0 Å². The minimum absolute atomic E-state index is 0.0367. The van der Waals surface area contributed by atoms with E-state index in [0.717, 1.165) is 17.4 Å². The molecule has 0 saturated carbocycles. The highest BCUT2D eigenvalue weighted by atomic mass is 32.2. The number of rotatable bonds is 5. The molecule has 6 nitrogen and oxygen atoms in total. The molecule has 4 aromatic rings. The first kappa shape index (κ1) is 22.2. The van der Waals surface area contributed by atoms with Crippen LogP contribution in [0.4, 0.5) is 5.69 Å². The fraction of sp³-hybridized carbons (Fsp3) is 0.115. The quantitative estimate of drug-likeness (QED) is 0.326. The minimum atomic E-state index is -3.32. The van der Waals surface area contributed by atoms with Crippen molar-refractivity contribution in [1.29, 1.82) is 0 Å². The van der Waals surface area contributed by atoms with Crippen molar-refractivity contribution in [1.82, 2.24) is 4.57 Å². The van der Waals surface area contributed by atoms with E-state index in [1.54, 1.807) is 47.0 Å². The Morgan fingerprint density at radius 2 is 1.67 bits per heavy atom. The number of hydrogen-bond donors (Lipinski definition) is 0. The van der Waals surface area contributed by atoms with Gasteiger partial charge in [0.1, 0.15) is 0 Å². The Morgan fingerprint density at radius 1 is 1.00 bits per heavy atom. The second kappa shape index (κ2) is 8.49. The highest BCUT2D eigenvalue weighted by Crippen LogP contribution is 2.22. The zero-order chi connectivity index (χ0) is 23.8. The summed E-state index contributed by atoms with van der Waals surface area (Å²) < 4.78 is 25.3. The lowest BCUT2D eigenvalue weighted by Gasteiger charge is -2.14. The van der Waals surface area contributed by atoms with Gasteiger partial charge in [0.25, 0.3) is 0 Å². The summed E-state index contributed by atoms with van der Waals surface area (Å²) in [6.07, 6.45) is 2.66. The van der Waals surface area contributed by atoms with Gasteiger partial charge in [0.15, 0.2) is 26.7 Å². The van der Waals surface area contributed by atoms with Crippen LogP contribution in [0, 0.1) is 13.5 Å². The Labute approximate surface area is 191 Å².